The summed E-state index contributed by atoms with van der Waals surface area (Å²) in [6.07, 6.45) is -1.93. The van der Waals surface area contributed by atoms with Crippen LogP contribution in [-0.2, 0) is 11.3 Å². The third kappa shape index (κ3) is 4.53. The molecule has 13 heteroatoms. The van der Waals surface area contributed by atoms with Crippen molar-refractivity contribution in [2.45, 2.75) is 45.5 Å². The first kappa shape index (κ1) is 24.8. The number of alkyl halides is 3. The average molecular weight is 520 g/mol. The van der Waals surface area contributed by atoms with Crippen LogP contribution in [0.15, 0.2) is 24.4 Å². The van der Waals surface area contributed by atoms with Crippen LogP contribution >= 0.6 is 0 Å². The molecular weight excluding hydrogens is 494 g/mol. The second-order valence-electron chi connectivity index (χ2n) is 8.97. The first-order valence-corrected chi connectivity index (χ1v) is 11.7. The van der Waals surface area contributed by atoms with E-state index in [-0.39, 0.29) is 41.1 Å². The summed E-state index contributed by atoms with van der Waals surface area (Å²) in [4.78, 5) is 21.5. The third-order valence-electron chi connectivity index (χ3n) is 6.60. The minimum Gasteiger partial charge on any atom is -0.479 e. The number of likely N-dealkylation sites (tertiary alicyclic amines) is 1. The smallest absolute Gasteiger partial charge is 0.256 e. The molecule has 0 aliphatic carbocycles. The van der Waals surface area contributed by atoms with Crippen LogP contribution in [0.4, 0.5) is 23.5 Å². The number of anilines is 1. The van der Waals surface area contributed by atoms with Gasteiger partial charge in [0.05, 0.1) is 31.8 Å². The van der Waals surface area contributed by atoms with Gasteiger partial charge in [0.1, 0.15) is 23.0 Å². The Kier molecular flexibility index (Phi) is 6.38. The van der Waals surface area contributed by atoms with Crippen LogP contribution in [-0.4, -0.2) is 73.8 Å². The molecule has 0 spiro atoms. The van der Waals surface area contributed by atoms with E-state index < -0.39 is 31.0 Å². The van der Waals surface area contributed by atoms with E-state index in [4.69, 9.17) is 4.74 Å². The number of halogens is 4. The Hall–Kier alpha value is -3.90. The molecule has 9 nitrogen and oxygen atoms in total. The lowest BCUT2D eigenvalue weighted by Gasteiger charge is -2.34. The van der Waals surface area contributed by atoms with Gasteiger partial charge in [-0.3, -0.25) is 4.79 Å². The molecule has 1 aliphatic rings. The Bertz CT molecular complexity index is 1490. The summed E-state index contributed by atoms with van der Waals surface area (Å²) in [5, 5.41) is 7.40. The minimum atomic E-state index is -2.63. The molecule has 1 amide bonds. The van der Waals surface area contributed by atoms with Gasteiger partial charge in [0.25, 0.3) is 6.43 Å². The van der Waals surface area contributed by atoms with Gasteiger partial charge < -0.3 is 19.5 Å². The highest BCUT2D eigenvalue weighted by Gasteiger charge is 2.31. The highest BCUT2D eigenvalue weighted by atomic mass is 19.3. The van der Waals surface area contributed by atoms with Crippen molar-refractivity contribution in [3.8, 4) is 17.0 Å². The average Bonchev–Trinajstić information content (AvgIpc) is 3.41. The third-order valence-corrected chi connectivity index (χ3v) is 6.60. The van der Waals surface area contributed by atoms with E-state index in [1.165, 1.54) is 34.1 Å². The van der Waals surface area contributed by atoms with Crippen LogP contribution in [0.25, 0.3) is 27.7 Å². The zero-order valence-corrected chi connectivity index (χ0v) is 20.4. The lowest BCUT2D eigenvalue weighted by molar-refractivity contribution is -0.131. The number of methoxy groups -OCH3 is 1. The molecule has 1 N–H and O–H groups in total. The van der Waals surface area contributed by atoms with Gasteiger partial charge in [0.15, 0.2) is 5.82 Å². The Balaban J connectivity index is 1.52. The summed E-state index contributed by atoms with van der Waals surface area (Å²) in [6.45, 7) is 2.74. The molecule has 0 saturated carbocycles. The van der Waals surface area contributed by atoms with Crippen LogP contribution in [0.2, 0.25) is 0 Å². The Labute approximate surface area is 209 Å². The molecule has 0 bridgehead atoms. The molecule has 4 heterocycles. The summed E-state index contributed by atoms with van der Waals surface area (Å²) >= 11 is 0. The number of benzene rings is 1. The van der Waals surface area contributed by atoms with E-state index in [1.54, 1.807) is 25.3 Å². The standard InChI is InChI=1S/C24H25F4N7O2/c1-12-29-21-16(25)8-14(9-19(21)34(12)11-20(27)28)15-4-7-35-22(15)23(37-3)31-24(32-35)30-18-5-6-33(13(2)36)10-17(18)26/h4,7-9,17-18,20H,5-6,10-11H2,1-3H3,(H,30,32)/t17-,18+/m0/s1. The van der Waals surface area contributed by atoms with Crippen LogP contribution in [0, 0.1) is 12.7 Å². The van der Waals surface area contributed by atoms with Gasteiger partial charge in [0, 0.05) is 25.2 Å². The number of aryl methyl sites for hydroxylation is 1. The number of hydrogen-bond acceptors (Lipinski definition) is 6. The zero-order chi connectivity index (χ0) is 26.4. The van der Waals surface area contributed by atoms with Gasteiger partial charge in [-0.05, 0) is 37.1 Å². The van der Waals surface area contributed by atoms with E-state index in [2.05, 4.69) is 20.4 Å². The van der Waals surface area contributed by atoms with Crippen molar-refractivity contribution < 1.29 is 27.1 Å². The number of imidazole rings is 1. The van der Waals surface area contributed by atoms with Gasteiger partial charge >= 0.3 is 0 Å². The Morgan fingerprint density at radius 1 is 1.30 bits per heavy atom. The van der Waals surface area contributed by atoms with Crippen LogP contribution < -0.4 is 10.1 Å². The lowest BCUT2D eigenvalue weighted by atomic mass is 10.0. The molecule has 3 aromatic heterocycles. The molecule has 4 aromatic rings. The summed E-state index contributed by atoms with van der Waals surface area (Å²) < 4.78 is 64.2. The van der Waals surface area contributed by atoms with Crippen molar-refractivity contribution in [3.05, 3.63) is 36.0 Å². The van der Waals surface area contributed by atoms with E-state index in [9.17, 15) is 22.4 Å². The quantitative estimate of drug-likeness (QED) is 0.390. The highest BCUT2D eigenvalue weighted by molar-refractivity contribution is 5.90. The van der Waals surface area contributed by atoms with E-state index in [0.29, 0.717) is 29.6 Å². The summed E-state index contributed by atoms with van der Waals surface area (Å²) in [5.41, 5.74) is 1.61. The molecule has 1 aliphatic heterocycles. The maximum Gasteiger partial charge on any atom is 0.256 e. The molecule has 1 fully saturated rings. The molecule has 5 rings (SSSR count). The number of nitrogens with one attached hydrogen (secondary N) is 1. The normalized spacial score (nSPS) is 18.2. The predicted molar refractivity (Wildman–Crippen MR) is 128 cm³/mol. The van der Waals surface area contributed by atoms with Gasteiger partial charge in [-0.2, -0.15) is 4.98 Å². The number of carbonyl (C=O) groups excluding carboxylic acids is 1. The number of hydrogen-bond donors (Lipinski definition) is 1. The number of ether oxygens (including phenoxy) is 1. The number of aromatic nitrogens is 5. The molecular formula is C24H25F4N7O2. The van der Waals surface area contributed by atoms with Crippen LogP contribution in [0.1, 0.15) is 19.2 Å². The van der Waals surface area contributed by atoms with Crippen molar-refractivity contribution in [3.63, 3.8) is 0 Å². The molecule has 0 radical (unpaired) electrons. The monoisotopic (exact) mass is 519 g/mol. The first-order valence-electron chi connectivity index (χ1n) is 11.7. The maximum atomic E-state index is 15.0. The number of nitrogens with zero attached hydrogens (tertiary/aromatic N) is 6. The van der Waals surface area contributed by atoms with Gasteiger partial charge in [-0.1, -0.05) is 0 Å². The fourth-order valence-electron chi connectivity index (χ4n) is 4.77. The highest BCUT2D eigenvalue weighted by Crippen LogP contribution is 2.34. The topological polar surface area (TPSA) is 89.6 Å². The summed E-state index contributed by atoms with van der Waals surface area (Å²) in [5.74, 6) is -0.256. The fourth-order valence-corrected chi connectivity index (χ4v) is 4.77. The molecule has 0 unspecified atom stereocenters. The number of fused-ring (bicyclic) bond motifs is 2. The van der Waals surface area contributed by atoms with Gasteiger partial charge in [-0.15, -0.1) is 5.10 Å². The number of rotatable bonds is 6. The molecule has 37 heavy (non-hydrogen) atoms. The van der Waals surface area contributed by atoms with E-state index in [1.807, 2.05) is 0 Å². The van der Waals surface area contributed by atoms with E-state index >= 15 is 0 Å². The Morgan fingerprint density at radius 3 is 2.76 bits per heavy atom. The van der Waals surface area contributed by atoms with Crippen molar-refractivity contribution in [2.75, 3.05) is 25.5 Å². The second kappa shape index (κ2) is 9.52. The zero-order valence-electron chi connectivity index (χ0n) is 20.4. The number of piperidine rings is 1. The molecule has 1 aromatic carbocycles. The van der Waals surface area contributed by atoms with E-state index in [0.717, 1.165) is 0 Å². The molecule has 1 saturated heterocycles. The first-order chi connectivity index (χ1) is 17.7. The summed E-state index contributed by atoms with van der Waals surface area (Å²) in [6, 6.07) is 3.96. The van der Waals surface area contributed by atoms with Crippen molar-refractivity contribution in [1.82, 2.24) is 29.0 Å². The van der Waals surface area contributed by atoms with Crippen LogP contribution in [0.3, 0.4) is 0 Å². The largest absolute Gasteiger partial charge is 0.479 e. The second-order valence-corrected chi connectivity index (χ2v) is 8.97. The lowest BCUT2D eigenvalue weighted by Crippen LogP contribution is -2.49. The van der Waals surface area contributed by atoms with Gasteiger partial charge in [0.2, 0.25) is 17.7 Å². The van der Waals surface area contributed by atoms with Crippen molar-refractivity contribution in [2.24, 2.45) is 0 Å². The van der Waals surface area contributed by atoms with Crippen molar-refractivity contribution >= 4 is 28.4 Å². The number of amides is 1. The van der Waals surface area contributed by atoms with Gasteiger partial charge in [-0.25, -0.2) is 27.1 Å². The van der Waals surface area contributed by atoms with Crippen molar-refractivity contribution in [1.29, 1.82) is 0 Å². The predicted octanol–water partition coefficient (Wildman–Crippen LogP) is 3.84. The fraction of sp³-hybridized carbons (Fsp3) is 0.417. The Morgan fingerprint density at radius 2 is 2.08 bits per heavy atom. The molecule has 196 valence electrons. The molecule has 2 atom stereocenters. The number of carbonyl (C=O) groups is 1. The van der Waals surface area contributed by atoms with Crippen LogP contribution in [0.5, 0.6) is 5.88 Å². The SMILES string of the molecule is COc1nc(N[C@@H]2CCN(C(C)=O)C[C@@H]2F)nn2ccc(-c3cc(F)c4nc(C)n(CC(F)F)c4c3)c12. The summed E-state index contributed by atoms with van der Waals surface area (Å²) in [7, 11) is 1.41. The maximum absolute atomic E-state index is 15.0. The minimum absolute atomic E-state index is 0.0108.